The molecule has 0 N–H and O–H groups in total. The summed E-state index contributed by atoms with van der Waals surface area (Å²) in [6.45, 7) is 0. The van der Waals surface area contributed by atoms with Crippen LogP contribution in [0.25, 0.3) is 78.3 Å². The fourth-order valence-corrected chi connectivity index (χ4v) is 11.4. The fraction of sp³-hybridized carbons (Fsp3) is 0.145. The number of pyridine rings is 3. The van der Waals surface area contributed by atoms with Gasteiger partial charge in [-0.2, -0.15) is 10.5 Å². The lowest BCUT2D eigenvalue weighted by atomic mass is 9.86. The molecule has 5 heteroatoms. The van der Waals surface area contributed by atoms with Crippen molar-refractivity contribution in [1.82, 2.24) is 15.0 Å². The Morgan fingerprint density at radius 3 is 1.51 bits per heavy atom. The van der Waals surface area contributed by atoms with Crippen molar-refractivity contribution < 1.29 is 0 Å². The Balaban J connectivity index is 0.926. The number of aromatic nitrogens is 3. The molecular formula is C69H53N5. The third-order valence-electron chi connectivity index (χ3n) is 15.2. The second-order valence-corrected chi connectivity index (χ2v) is 19.8. The Bertz CT molecular complexity index is 3660. The zero-order chi connectivity index (χ0) is 49.8. The molecule has 0 amide bonds. The van der Waals surface area contributed by atoms with Gasteiger partial charge >= 0.3 is 0 Å². The molecular weight excluding hydrogens is 899 g/mol. The highest BCUT2D eigenvalue weighted by Crippen LogP contribution is 2.43. The maximum absolute atomic E-state index is 10.5. The first-order valence-electron chi connectivity index (χ1n) is 26.0. The van der Waals surface area contributed by atoms with Crippen molar-refractivity contribution >= 4 is 0 Å². The van der Waals surface area contributed by atoms with Crippen LogP contribution >= 0.6 is 0 Å². The second-order valence-electron chi connectivity index (χ2n) is 19.8. The number of aryl methyl sites for hydroxylation is 6. The first kappa shape index (κ1) is 46.1. The highest BCUT2D eigenvalue weighted by molar-refractivity contribution is 5.94. The summed E-state index contributed by atoms with van der Waals surface area (Å²) in [5, 5.41) is 20.6. The second kappa shape index (κ2) is 20.6. The Kier molecular flexibility index (Phi) is 12.8. The van der Waals surface area contributed by atoms with Gasteiger partial charge in [0, 0.05) is 40.8 Å². The number of rotatable bonds is 13. The SMILES string of the molecule is N#Cc1cc(-c2ccc(-c3cc(-c4cc5c(cn4)CCC5)ccc3-c3ccccc3-c3cc(CCc4ccc(-c5ccccn5)cc4)cc(CCc4ccc(-c5ccccn5)cc4)c3)cc2)c(C#N)c2c1CCC2. The predicted octanol–water partition coefficient (Wildman–Crippen LogP) is 15.8. The molecule has 7 aromatic carbocycles. The predicted molar refractivity (Wildman–Crippen MR) is 299 cm³/mol. The number of hydrogen-bond acceptors (Lipinski definition) is 5. The largest absolute Gasteiger partial charge is 0.256 e. The van der Waals surface area contributed by atoms with Gasteiger partial charge < -0.3 is 0 Å². The van der Waals surface area contributed by atoms with Gasteiger partial charge in [0.15, 0.2) is 0 Å². The van der Waals surface area contributed by atoms with Crippen molar-refractivity contribution in [2.45, 2.75) is 64.2 Å². The highest BCUT2D eigenvalue weighted by Gasteiger charge is 2.24. The first-order chi connectivity index (χ1) is 36.5. The molecule has 354 valence electrons. The van der Waals surface area contributed by atoms with Crippen LogP contribution in [0, 0.1) is 22.7 Å². The molecule has 3 heterocycles. The number of benzene rings is 7. The number of hydrogen-bond donors (Lipinski definition) is 0. The minimum atomic E-state index is 0.682. The van der Waals surface area contributed by atoms with Gasteiger partial charge in [-0.1, -0.05) is 140 Å². The summed E-state index contributed by atoms with van der Waals surface area (Å²) in [6.07, 6.45) is 15.4. The Hall–Kier alpha value is -9.03. The zero-order valence-corrected chi connectivity index (χ0v) is 41.4. The molecule has 0 atom stereocenters. The number of fused-ring (bicyclic) bond motifs is 2. The molecule has 0 radical (unpaired) electrons. The van der Waals surface area contributed by atoms with E-state index in [1.807, 2.05) is 42.7 Å². The molecule has 2 aliphatic rings. The standard InChI is InChI=1S/C69H53N5/c70-43-58-41-65(66(44-71)62-14-8-13-60(58)62)51-31-29-50(30-32-51)64-40-55(69-42-54-9-7-10-56(54)45-74-69)33-34-63(64)61-12-2-1-11-59(61)57-38-48(19-17-46-21-25-52(26-22-46)67-15-3-5-35-72-67)37-49(39-57)20-18-47-23-27-53(28-24-47)68-16-4-6-36-73-68/h1-6,11-12,15-16,21-42,45H,7-10,13-14,17-20H2. The Morgan fingerprint density at radius 1 is 0.351 bits per heavy atom. The van der Waals surface area contributed by atoms with Crippen molar-refractivity contribution in [2.75, 3.05) is 0 Å². The van der Waals surface area contributed by atoms with Crippen LogP contribution in [0.4, 0.5) is 0 Å². The van der Waals surface area contributed by atoms with Gasteiger partial charge in [-0.05, 0) is 190 Å². The third-order valence-corrected chi connectivity index (χ3v) is 15.2. The zero-order valence-electron chi connectivity index (χ0n) is 41.4. The van der Waals surface area contributed by atoms with Crippen LogP contribution < -0.4 is 0 Å². The molecule has 74 heavy (non-hydrogen) atoms. The van der Waals surface area contributed by atoms with E-state index in [0.717, 1.165) is 136 Å². The quantitative estimate of drug-likeness (QED) is 0.115. The average molecular weight is 952 g/mol. The molecule has 0 bridgehead atoms. The van der Waals surface area contributed by atoms with Crippen molar-refractivity contribution in [1.29, 1.82) is 10.5 Å². The summed E-state index contributed by atoms with van der Waals surface area (Å²) < 4.78 is 0. The third kappa shape index (κ3) is 9.45. The van der Waals surface area contributed by atoms with Gasteiger partial charge in [-0.3, -0.25) is 15.0 Å². The van der Waals surface area contributed by atoms with Gasteiger partial charge in [0.05, 0.1) is 34.3 Å². The summed E-state index contributed by atoms with van der Waals surface area (Å²) >= 11 is 0. The summed E-state index contributed by atoms with van der Waals surface area (Å²) in [4.78, 5) is 14.2. The molecule has 10 aromatic rings. The van der Waals surface area contributed by atoms with Crippen LogP contribution in [0.15, 0.2) is 201 Å². The van der Waals surface area contributed by atoms with Gasteiger partial charge in [0.1, 0.15) is 6.07 Å². The minimum absolute atomic E-state index is 0.682. The summed E-state index contributed by atoms with van der Waals surface area (Å²) in [5.41, 5.74) is 26.3. The maximum Gasteiger partial charge on any atom is 0.100 e. The number of nitrogens with zero attached hydrogens (tertiary/aromatic N) is 5. The lowest BCUT2D eigenvalue weighted by Crippen LogP contribution is -1.98. The van der Waals surface area contributed by atoms with Crippen LogP contribution in [0.3, 0.4) is 0 Å². The normalized spacial score (nSPS) is 12.5. The smallest absolute Gasteiger partial charge is 0.100 e. The van der Waals surface area contributed by atoms with Gasteiger partial charge in [-0.25, -0.2) is 0 Å². The average Bonchev–Trinajstić information content (AvgIpc) is 4.17. The van der Waals surface area contributed by atoms with E-state index in [0.29, 0.717) is 11.1 Å². The van der Waals surface area contributed by atoms with E-state index in [1.165, 1.54) is 50.9 Å². The Labute approximate surface area is 434 Å². The molecule has 0 fully saturated rings. The molecule has 0 unspecified atom stereocenters. The molecule has 5 nitrogen and oxygen atoms in total. The van der Waals surface area contributed by atoms with E-state index in [4.69, 9.17) is 4.98 Å². The maximum atomic E-state index is 10.5. The molecule has 2 aliphatic carbocycles. The first-order valence-corrected chi connectivity index (χ1v) is 26.0. The van der Waals surface area contributed by atoms with Crippen LogP contribution in [-0.2, 0) is 51.4 Å². The number of nitriles is 2. The molecule has 0 aliphatic heterocycles. The van der Waals surface area contributed by atoms with Crippen LogP contribution in [0.2, 0.25) is 0 Å². The Morgan fingerprint density at radius 2 is 0.892 bits per heavy atom. The van der Waals surface area contributed by atoms with E-state index in [1.54, 1.807) is 0 Å². The molecule has 3 aromatic heterocycles. The van der Waals surface area contributed by atoms with Crippen molar-refractivity contribution in [3.05, 3.63) is 256 Å². The molecule has 0 saturated heterocycles. The van der Waals surface area contributed by atoms with Crippen LogP contribution in [0.1, 0.15) is 68.5 Å². The van der Waals surface area contributed by atoms with Crippen molar-refractivity contribution in [2.24, 2.45) is 0 Å². The van der Waals surface area contributed by atoms with Crippen LogP contribution in [-0.4, -0.2) is 15.0 Å². The lowest BCUT2D eigenvalue weighted by Gasteiger charge is -2.18. The molecule has 0 spiro atoms. The van der Waals surface area contributed by atoms with E-state index >= 15 is 0 Å². The van der Waals surface area contributed by atoms with Gasteiger partial charge in [-0.15, -0.1) is 0 Å². The minimum Gasteiger partial charge on any atom is -0.256 e. The van der Waals surface area contributed by atoms with Crippen LogP contribution in [0.5, 0.6) is 0 Å². The summed E-state index contributed by atoms with van der Waals surface area (Å²) in [5.74, 6) is 0. The summed E-state index contributed by atoms with van der Waals surface area (Å²) in [7, 11) is 0. The highest BCUT2D eigenvalue weighted by atomic mass is 14.7. The van der Waals surface area contributed by atoms with E-state index in [2.05, 4.69) is 180 Å². The van der Waals surface area contributed by atoms with Crippen molar-refractivity contribution in [3.8, 4) is 90.4 Å². The van der Waals surface area contributed by atoms with Crippen molar-refractivity contribution in [3.63, 3.8) is 0 Å². The van der Waals surface area contributed by atoms with Gasteiger partial charge in [0.2, 0.25) is 0 Å². The van der Waals surface area contributed by atoms with Gasteiger partial charge in [0.25, 0.3) is 0 Å². The molecule has 12 rings (SSSR count). The molecule has 0 saturated carbocycles. The van der Waals surface area contributed by atoms with E-state index in [9.17, 15) is 10.5 Å². The topological polar surface area (TPSA) is 86.2 Å². The lowest BCUT2D eigenvalue weighted by molar-refractivity contribution is 0.910. The van der Waals surface area contributed by atoms with E-state index in [-0.39, 0.29) is 0 Å². The van der Waals surface area contributed by atoms with E-state index < -0.39 is 0 Å². The monoisotopic (exact) mass is 951 g/mol. The fourth-order valence-electron chi connectivity index (χ4n) is 11.4. The summed E-state index contributed by atoms with van der Waals surface area (Å²) in [6, 6.07) is 70.5.